The second-order valence-electron chi connectivity index (χ2n) is 8.74. The van der Waals surface area contributed by atoms with E-state index in [9.17, 15) is 19.7 Å². The number of Topliss-reactive ketones (excluding diaryl/α,β-unsaturated/α-hetero) is 1. The maximum atomic E-state index is 14.2. The lowest BCUT2D eigenvalue weighted by Crippen LogP contribution is -2.52. The van der Waals surface area contributed by atoms with Crippen LogP contribution in [0.25, 0.3) is 0 Å². The number of pyridine rings is 1. The van der Waals surface area contributed by atoms with Gasteiger partial charge in [-0.1, -0.05) is 36.4 Å². The largest absolute Gasteiger partial charge is 0.324 e. The summed E-state index contributed by atoms with van der Waals surface area (Å²) in [5.41, 5.74) is 1.20. The Morgan fingerprint density at radius 1 is 1.15 bits per heavy atom. The summed E-state index contributed by atoms with van der Waals surface area (Å²) in [5, 5.41) is 14.6. The van der Waals surface area contributed by atoms with Crippen molar-refractivity contribution in [3.63, 3.8) is 0 Å². The number of amides is 1. The molecule has 8 nitrogen and oxygen atoms in total. The molecule has 0 unspecified atom stereocenters. The van der Waals surface area contributed by atoms with Crippen molar-refractivity contribution in [1.29, 1.82) is 0 Å². The molecule has 34 heavy (non-hydrogen) atoms. The molecular formula is C25H20N4O4S. The van der Waals surface area contributed by atoms with E-state index >= 15 is 0 Å². The molecule has 1 amide bonds. The van der Waals surface area contributed by atoms with E-state index in [2.05, 4.69) is 15.2 Å². The highest BCUT2D eigenvalue weighted by Crippen LogP contribution is 2.61. The first-order valence-electron chi connectivity index (χ1n) is 11.0. The van der Waals surface area contributed by atoms with Gasteiger partial charge in [-0.2, -0.15) is 0 Å². The Kier molecular flexibility index (Phi) is 4.79. The molecule has 0 bridgehead atoms. The fraction of sp³-hybridized carbons (Fsp3) is 0.240. The number of anilines is 1. The molecule has 3 aromatic rings. The van der Waals surface area contributed by atoms with Crippen LogP contribution in [0.4, 0.5) is 11.4 Å². The van der Waals surface area contributed by atoms with Gasteiger partial charge >= 0.3 is 0 Å². The van der Waals surface area contributed by atoms with Crippen molar-refractivity contribution in [2.75, 3.05) is 16.9 Å². The first-order chi connectivity index (χ1) is 16.5. The second kappa shape index (κ2) is 7.75. The maximum absolute atomic E-state index is 14.2. The molecule has 0 radical (unpaired) electrons. The van der Waals surface area contributed by atoms with Crippen molar-refractivity contribution in [3.05, 3.63) is 99.9 Å². The lowest BCUT2D eigenvalue weighted by atomic mass is 9.70. The number of ketones is 1. The third-order valence-corrected chi connectivity index (χ3v) is 8.23. The summed E-state index contributed by atoms with van der Waals surface area (Å²) in [6.07, 6.45) is 1.57. The number of carbonyl (C=O) groups excluding carboxylic acids is 2. The Hall–Kier alpha value is -3.56. The van der Waals surface area contributed by atoms with Gasteiger partial charge in [-0.25, -0.2) is 0 Å². The summed E-state index contributed by atoms with van der Waals surface area (Å²) in [6, 6.07) is 19.0. The average Bonchev–Trinajstić information content (AvgIpc) is 3.52. The minimum Gasteiger partial charge on any atom is -0.324 e. The van der Waals surface area contributed by atoms with Crippen LogP contribution in [0, 0.1) is 16.0 Å². The second-order valence-corrected chi connectivity index (χ2v) is 9.74. The molecule has 1 aromatic heterocycles. The molecule has 170 valence electrons. The van der Waals surface area contributed by atoms with E-state index in [0.717, 1.165) is 11.3 Å². The molecule has 6 rings (SSSR count). The van der Waals surface area contributed by atoms with Crippen LogP contribution in [0.5, 0.6) is 0 Å². The number of nitro groups is 1. The number of nitrogens with zero attached hydrogens (tertiary/aromatic N) is 3. The van der Waals surface area contributed by atoms with Crippen molar-refractivity contribution in [2.24, 2.45) is 5.92 Å². The number of rotatable bonds is 4. The summed E-state index contributed by atoms with van der Waals surface area (Å²) in [6.45, 7) is 0. The molecule has 1 N–H and O–H groups in total. The number of para-hydroxylation sites is 1. The summed E-state index contributed by atoms with van der Waals surface area (Å²) in [5.74, 6) is -0.368. The van der Waals surface area contributed by atoms with Gasteiger partial charge in [-0.05, 0) is 23.8 Å². The molecule has 3 aliphatic rings. The molecule has 2 fully saturated rings. The van der Waals surface area contributed by atoms with Crippen LogP contribution in [0.3, 0.4) is 0 Å². The third kappa shape index (κ3) is 2.80. The van der Waals surface area contributed by atoms with Crippen molar-refractivity contribution in [1.82, 2.24) is 9.88 Å². The highest BCUT2D eigenvalue weighted by atomic mass is 32.2. The van der Waals surface area contributed by atoms with E-state index < -0.39 is 22.3 Å². The standard InChI is InChI=1S/C25H20N4O4S/c30-23(19-10-3-4-11-26-19)22-21(15-6-5-7-16(12-15)29(32)33)20-13-34-14-28(20)25(22)17-8-1-2-9-18(17)27-24(25)31/h1-12,20-22H,13-14H2,(H,27,31)/t20-,21+,22+,25-/m1/s1. The highest BCUT2D eigenvalue weighted by Gasteiger charge is 2.69. The Labute approximate surface area is 199 Å². The van der Waals surface area contributed by atoms with E-state index in [-0.39, 0.29) is 29.1 Å². The van der Waals surface area contributed by atoms with Crippen molar-refractivity contribution in [3.8, 4) is 0 Å². The number of nitro benzene ring substituents is 1. The van der Waals surface area contributed by atoms with Gasteiger partial charge in [0, 0.05) is 53.2 Å². The molecule has 4 heterocycles. The number of hydrogen-bond donors (Lipinski definition) is 1. The smallest absolute Gasteiger partial charge is 0.269 e. The van der Waals surface area contributed by atoms with E-state index in [1.54, 1.807) is 48.3 Å². The maximum Gasteiger partial charge on any atom is 0.269 e. The topological polar surface area (TPSA) is 105 Å². The van der Waals surface area contributed by atoms with Gasteiger partial charge in [0.05, 0.1) is 10.8 Å². The number of hydrogen-bond acceptors (Lipinski definition) is 7. The molecule has 4 atom stereocenters. The van der Waals surface area contributed by atoms with Crippen LogP contribution in [0.2, 0.25) is 0 Å². The van der Waals surface area contributed by atoms with E-state index in [1.807, 2.05) is 30.3 Å². The van der Waals surface area contributed by atoms with E-state index in [1.165, 1.54) is 6.07 Å². The number of non-ortho nitro benzene ring substituents is 1. The number of nitrogens with one attached hydrogen (secondary N) is 1. The van der Waals surface area contributed by atoms with E-state index in [4.69, 9.17) is 0 Å². The zero-order valence-corrected chi connectivity index (χ0v) is 18.8. The molecule has 9 heteroatoms. The fourth-order valence-corrected chi connectivity index (χ4v) is 7.24. The van der Waals surface area contributed by atoms with Gasteiger partial charge < -0.3 is 5.32 Å². The molecule has 1 spiro atoms. The van der Waals surface area contributed by atoms with Gasteiger partial charge in [0.1, 0.15) is 11.2 Å². The summed E-state index contributed by atoms with van der Waals surface area (Å²) in [7, 11) is 0. The van der Waals surface area contributed by atoms with Gasteiger partial charge in [0.2, 0.25) is 5.91 Å². The minimum atomic E-state index is -1.21. The van der Waals surface area contributed by atoms with Crippen molar-refractivity contribution < 1.29 is 14.5 Å². The van der Waals surface area contributed by atoms with E-state index in [0.29, 0.717) is 17.1 Å². The number of thioether (sulfide) groups is 1. The molecule has 0 saturated carbocycles. The van der Waals surface area contributed by atoms with Crippen LogP contribution in [-0.4, -0.2) is 44.2 Å². The van der Waals surface area contributed by atoms with Crippen LogP contribution in [0.15, 0.2) is 72.9 Å². The lowest BCUT2D eigenvalue weighted by Gasteiger charge is -2.36. The lowest BCUT2D eigenvalue weighted by molar-refractivity contribution is -0.384. The quantitative estimate of drug-likeness (QED) is 0.350. The zero-order chi connectivity index (χ0) is 23.4. The van der Waals surface area contributed by atoms with Gasteiger partial charge in [-0.3, -0.25) is 29.6 Å². The zero-order valence-electron chi connectivity index (χ0n) is 18.0. The molecule has 0 aliphatic carbocycles. The predicted molar refractivity (Wildman–Crippen MR) is 128 cm³/mol. The molecule has 2 aromatic carbocycles. The fourth-order valence-electron chi connectivity index (χ4n) is 5.92. The summed E-state index contributed by atoms with van der Waals surface area (Å²) < 4.78 is 0. The van der Waals surface area contributed by atoms with Crippen LogP contribution < -0.4 is 5.32 Å². The average molecular weight is 473 g/mol. The summed E-state index contributed by atoms with van der Waals surface area (Å²) >= 11 is 1.71. The number of carbonyl (C=O) groups is 2. The Morgan fingerprint density at radius 3 is 2.76 bits per heavy atom. The molecular weight excluding hydrogens is 452 g/mol. The predicted octanol–water partition coefficient (Wildman–Crippen LogP) is 3.81. The van der Waals surface area contributed by atoms with Gasteiger partial charge in [0.25, 0.3) is 5.69 Å². The van der Waals surface area contributed by atoms with Crippen LogP contribution >= 0.6 is 11.8 Å². The minimum absolute atomic E-state index is 0.0315. The Balaban J connectivity index is 1.62. The Morgan fingerprint density at radius 2 is 1.97 bits per heavy atom. The normalized spacial score (nSPS) is 27.4. The highest BCUT2D eigenvalue weighted by molar-refractivity contribution is 7.99. The van der Waals surface area contributed by atoms with Crippen molar-refractivity contribution in [2.45, 2.75) is 17.5 Å². The van der Waals surface area contributed by atoms with Gasteiger partial charge in [-0.15, -0.1) is 11.8 Å². The summed E-state index contributed by atoms with van der Waals surface area (Å²) in [4.78, 5) is 45.6. The van der Waals surface area contributed by atoms with Crippen molar-refractivity contribution >= 4 is 34.8 Å². The SMILES string of the molecule is O=C(c1ccccn1)[C@@H]1[C@@H](c2cccc([N+](=O)[O-])c2)[C@H]2CSCN2[C@@]12C(=O)Nc1ccccc12. The number of fused-ring (bicyclic) bond motifs is 4. The van der Waals surface area contributed by atoms with Crippen LogP contribution in [-0.2, 0) is 10.3 Å². The molecule has 2 saturated heterocycles. The Bertz CT molecular complexity index is 1330. The first kappa shape index (κ1) is 21.0. The number of aromatic nitrogens is 1. The third-order valence-electron chi connectivity index (χ3n) is 7.19. The monoisotopic (exact) mass is 472 g/mol. The number of benzene rings is 2. The van der Waals surface area contributed by atoms with Gasteiger partial charge in [0.15, 0.2) is 5.78 Å². The van der Waals surface area contributed by atoms with Crippen LogP contribution in [0.1, 0.15) is 27.5 Å². The first-order valence-corrected chi connectivity index (χ1v) is 12.1. The molecule has 3 aliphatic heterocycles.